The maximum absolute atomic E-state index is 6.10. The third-order valence-electron chi connectivity index (χ3n) is 2.92. The van der Waals surface area contributed by atoms with Crippen LogP contribution in [0.4, 0.5) is 0 Å². The largest absolute Gasteiger partial charge is 0.331 e. The molecule has 17 heavy (non-hydrogen) atoms. The third-order valence-corrected chi connectivity index (χ3v) is 2.92. The average Bonchev–Trinajstić information content (AvgIpc) is 2.55. The van der Waals surface area contributed by atoms with E-state index in [1.165, 1.54) is 5.52 Å². The summed E-state index contributed by atoms with van der Waals surface area (Å²) in [6, 6.07) is 8.30. The minimum Gasteiger partial charge on any atom is -0.331 e. The fourth-order valence-corrected chi connectivity index (χ4v) is 2.15. The lowest BCUT2D eigenvalue weighted by atomic mass is 10.2. The first-order valence-electron chi connectivity index (χ1n) is 5.88. The minimum atomic E-state index is 0.125. The third kappa shape index (κ3) is 2.65. The Morgan fingerprint density at radius 1 is 1.35 bits per heavy atom. The number of rotatable bonds is 4. The van der Waals surface area contributed by atoms with Crippen molar-refractivity contribution in [2.75, 3.05) is 20.6 Å². The van der Waals surface area contributed by atoms with Crippen molar-refractivity contribution in [2.24, 2.45) is 12.8 Å². The lowest BCUT2D eigenvalue weighted by Crippen LogP contribution is -2.35. The molecular formula is C13H20N4. The van der Waals surface area contributed by atoms with Crippen LogP contribution in [0.25, 0.3) is 11.0 Å². The molecule has 0 amide bonds. The Kier molecular flexibility index (Phi) is 3.45. The van der Waals surface area contributed by atoms with Crippen molar-refractivity contribution in [3.63, 3.8) is 0 Å². The van der Waals surface area contributed by atoms with E-state index in [-0.39, 0.29) is 6.04 Å². The highest BCUT2D eigenvalue weighted by molar-refractivity contribution is 5.75. The number of nitrogens with zero attached hydrogens (tertiary/aromatic N) is 3. The van der Waals surface area contributed by atoms with Crippen LogP contribution in [0, 0.1) is 0 Å². The molecule has 0 fully saturated rings. The van der Waals surface area contributed by atoms with Gasteiger partial charge in [-0.1, -0.05) is 12.1 Å². The molecule has 4 nitrogen and oxygen atoms in total. The van der Waals surface area contributed by atoms with E-state index in [2.05, 4.69) is 20.5 Å². The minimum absolute atomic E-state index is 0.125. The van der Waals surface area contributed by atoms with Gasteiger partial charge in [0.2, 0.25) is 0 Å². The van der Waals surface area contributed by atoms with Gasteiger partial charge in [0.05, 0.1) is 11.0 Å². The summed E-state index contributed by atoms with van der Waals surface area (Å²) in [6.45, 7) is 0.878. The van der Waals surface area contributed by atoms with Crippen LogP contribution in [-0.4, -0.2) is 41.1 Å². The number of nitrogens with two attached hydrogens (primary N) is 1. The molecular weight excluding hydrogens is 212 g/mol. The topological polar surface area (TPSA) is 47.1 Å². The molecule has 92 valence electrons. The van der Waals surface area contributed by atoms with Crippen LogP contribution >= 0.6 is 0 Å². The second-order valence-electron chi connectivity index (χ2n) is 4.80. The first-order chi connectivity index (χ1) is 8.08. The summed E-state index contributed by atoms with van der Waals surface area (Å²) in [6.07, 6.45) is 0.809. The molecule has 2 rings (SSSR count). The molecule has 0 aliphatic carbocycles. The first kappa shape index (κ1) is 12.1. The van der Waals surface area contributed by atoms with Crippen molar-refractivity contribution in [2.45, 2.75) is 12.5 Å². The van der Waals surface area contributed by atoms with Crippen molar-refractivity contribution < 1.29 is 0 Å². The van der Waals surface area contributed by atoms with Gasteiger partial charge in [-0.25, -0.2) is 4.98 Å². The van der Waals surface area contributed by atoms with Gasteiger partial charge >= 0.3 is 0 Å². The standard InChI is InChI=1S/C13H20N4/c1-16(2)9-10(14)8-13-15-11-6-4-5-7-12(11)17(13)3/h4-7,10H,8-9,14H2,1-3H3. The number of fused-ring (bicyclic) bond motifs is 1. The molecule has 0 spiro atoms. The maximum Gasteiger partial charge on any atom is 0.111 e. The summed E-state index contributed by atoms with van der Waals surface area (Å²) in [5.74, 6) is 1.06. The normalized spacial score (nSPS) is 13.5. The Hall–Kier alpha value is -1.39. The molecule has 0 aliphatic rings. The number of benzene rings is 1. The van der Waals surface area contributed by atoms with E-state index >= 15 is 0 Å². The number of hydrogen-bond donors (Lipinski definition) is 1. The predicted molar refractivity (Wildman–Crippen MR) is 70.9 cm³/mol. The Morgan fingerprint density at radius 3 is 2.71 bits per heavy atom. The molecule has 1 heterocycles. The van der Waals surface area contributed by atoms with Gasteiger partial charge in [0.15, 0.2) is 0 Å². The molecule has 1 aromatic carbocycles. The highest BCUT2D eigenvalue weighted by Crippen LogP contribution is 2.14. The first-order valence-corrected chi connectivity index (χ1v) is 5.88. The van der Waals surface area contributed by atoms with Crippen molar-refractivity contribution in [3.8, 4) is 0 Å². The van der Waals surface area contributed by atoms with Crippen LogP contribution in [-0.2, 0) is 13.5 Å². The smallest absolute Gasteiger partial charge is 0.111 e. The molecule has 1 unspecified atom stereocenters. The Labute approximate surface area is 102 Å². The monoisotopic (exact) mass is 232 g/mol. The quantitative estimate of drug-likeness (QED) is 0.855. The molecule has 0 aliphatic heterocycles. The van der Waals surface area contributed by atoms with Gasteiger partial charge in [-0.3, -0.25) is 0 Å². The average molecular weight is 232 g/mol. The molecule has 0 radical (unpaired) electrons. The Morgan fingerprint density at radius 2 is 2.06 bits per heavy atom. The Bertz CT molecular complexity index is 501. The van der Waals surface area contributed by atoms with Crippen molar-refractivity contribution in [3.05, 3.63) is 30.1 Å². The summed E-state index contributed by atoms with van der Waals surface area (Å²) < 4.78 is 2.13. The molecule has 2 N–H and O–H groups in total. The van der Waals surface area contributed by atoms with Gasteiger partial charge < -0.3 is 15.2 Å². The van der Waals surface area contributed by atoms with Crippen molar-refractivity contribution in [1.82, 2.24) is 14.5 Å². The van der Waals surface area contributed by atoms with Crippen molar-refractivity contribution in [1.29, 1.82) is 0 Å². The van der Waals surface area contributed by atoms with E-state index in [0.717, 1.165) is 24.3 Å². The van der Waals surface area contributed by atoms with E-state index in [9.17, 15) is 0 Å². The number of para-hydroxylation sites is 2. The summed E-state index contributed by atoms with van der Waals surface area (Å²) in [4.78, 5) is 6.73. The molecule has 2 aromatic rings. The van der Waals surface area contributed by atoms with Crippen LogP contribution in [0.2, 0.25) is 0 Å². The zero-order valence-corrected chi connectivity index (χ0v) is 10.7. The van der Waals surface area contributed by atoms with Crippen LogP contribution in [0.1, 0.15) is 5.82 Å². The van der Waals surface area contributed by atoms with E-state index in [0.29, 0.717) is 0 Å². The summed E-state index contributed by atoms with van der Waals surface area (Å²) in [5.41, 5.74) is 8.31. The van der Waals surface area contributed by atoms with E-state index in [1.54, 1.807) is 0 Å². The summed E-state index contributed by atoms with van der Waals surface area (Å²) in [5, 5.41) is 0. The SMILES string of the molecule is CN(C)CC(N)Cc1nc2ccccc2n1C. The second-order valence-corrected chi connectivity index (χ2v) is 4.80. The van der Waals surface area contributed by atoms with Crippen LogP contribution in [0.5, 0.6) is 0 Å². The predicted octanol–water partition coefficient (Wildman–Crippen LogP) is 1.00. The van der Waals surface area contributed by atoms with Gasteiger partial charge in [0.25, 0.3) is 0 Å². The highest BCUT2D eigenvalue weighted by Gasteiger charge is 2.11. The van der Waals surface area contributed by atoms with E-state index in [4.69, 9.17) is 5.73 Å². The van der Waals surface area contributed by atoms with Gasteiger partial charge in [-0.2, -0.15) is 0 Å². The van der Waals surface area contributed by atoms with Crippen LogP contribution in [0.15, 0.2) is 24.3 Å². The number of hydrogen-bond acceptors (Lipinski definition) is 3. The van der Waals surface area contributed by atoms with Gasteiger partial charge in [0, 0.05) is 26.1 Å². The van der Waals surface area contributed by atoms with E-state index < -0.39 is 0 Å². The lowest BCUT2D eigenvalue weighted by molar-refractivity contribution is 0.368. The molecule has 0 saturated carbocycles. The number of aryl methyl sites for hydroxylation is 1. The Balaban J connectivity index is 2.21. The maximum atomic E-state index is 6.10. The fraction of sp³-hybridized carbons (Fsp3) is 0.462. The van der Waals surface area contributed by atoms with E-state index in [1.807, 2.05) is 39.3 Å². The lowest BCUT2D eigenvalue weighted by Gasteiger charge is -2.16. The van der Waals surface area contributed by atoms with Gasteiger partial charge in [-0.15, -0.1) is 0 Å². The molecule has 1 aromatic heterocycles. The number of imidazole rings is 1. The van der Waals surface area contributed by atoms with Crippen LogP contribution < -0.4 is 5.73 Å². The molecule has 4 heteroatoms. The summed E-state index contributed by atoms with van der Waals surface area (Å²) >= 11 is 0. The number of likely N-dealkylation sites (N-methyl/N-ethyl adjacent to an activating group) is 1. The van der Waals surface area contributed by atoms with Crippen molar-refractivity contribution >= 4 is 11.0 Å². The second kappa shape index (κ2) is 4.85. The highest BCUT2D eigenvalue weighted by atomic mass is 15.1. The van der Waals surface area contributed by atoms with Gasteiger partial charge in [0.1, 0.15) is 5.82 Å². The number of aromatic nitrogens is 2. The zero-order chi connectivity index (χ0) is 12.4. The van der Waals surface area contributed by atoms with Gasteiger partial charge in [-0.05, 0) is 26.2 Å². The zero-order valence-electron chi connectivity index (χ0n) is 10.7. The molecule has 0 saturated heterocycles. The fourth-order valence-electron chi connectivity index (χ4n) is 2.15. The molecule has 0 bridgehead atoms. The summed E-state index contributed by atoms with van der Waals surface area (Å²) in [7, 11) is 6.12. The van der Waals surface area contributed by atoms with Crippen LogP contribution in [0.3, 0.4) is 0 Å². The molecule has 1 atom stereocenters.